The van der Waals surface area contributed by atoms with Gasteiger partial charge in [0.1, 0.15) is 5.75 Å². The molecule has 26 heavy (non-hydrogen) atoms. The molecule has 142 valence electrons. The number of hydrogen-bond acceptors (Lipinski definition) is 3. The number of benzene rings is 1. The molecule has 7 heteroatoms. The van der Waals surface area contributed by atoms with E-state index in [1.807, 2.05) is 0 Å². The van der Waals surface area contributed by atoms with Crippen LogP contribution < -0.4 is 21.1 Å². The minimum atomic E-state index is -0.330. The number of aliphatic imine (C=N–C) groups is 1. The van der Waals surface area contributed by atoms with E-state index in [-0.39, 0.29) is 6.03 Å². The van der Waals surface area contributed by atoms with Gasteiger partial charge in [0.15, 0.2) is 5.96 Å². The highest BCUT2D eigenvalue weighted by molar-refractivity contribution is 5.80. The molecule has 7 nitrogen and oxygen atoms in total. The van der Waals surface area contributed by atoms with Crippen LogP contribution in [0.5, 0.6) is 5.75 Å². The van der Waals surface area contributed by atoms with Crippen LogP contribution in [0.3, 0.4) is 0 Å². The van der Waals surface area contributed by atoms with Crippen molar-refractivity contribution < 1.29 is 9.53 Å². The molecule has 0 radical (unpaired) electrons. The average Bonchev–Trinajstić information content (AvgIpc) is 3.10. The number of carbonyl (C=O) groups is 1. The number of piperidine rings is 1. The van der Waals surface area contributed by atoms with E-state index >= 15 is 0 Å². The van der Waals surface area contributed by atoms with Crippen LogP contribution in [0.2, 0.25) is 0 Å². The predicted octanol–water partition coefficient (Wildman–Crippen LogP) is 1.26. The number of fused-ring (bicyclic) bond motifs is 1. The van der Waals surface area contributed by atoms with Crippen molar-refractivity contribution in [2.75, 3.05) is 32.8 Å². The summed E-state index contributed by atoms with van der Waals surface area (Å²) in [5.74, 6) is 1.86. The Morgan fingerprint density at radius 3 is 2.92 bits per heavy atom. The molecule has 0 bridgehead atoms. The van der Waals surface area contributed by atoms with Gasteiger partial charge in [-0.25, -0.2) is 4.79 Å². The van der Waals surface area contributed by atoms with Gasteiger partial charge in [-0.3, -0.25) is 4.99 Å². The largest absolute Gasteiger partial charge is 0.493 e. The number of ether oxygens (including phenoxy) is 1. The SMILES string of the molecule is CCNC(=NCCc1ccc2c(c1)CCO2)NC1CCN(C(N)=O)CC1. The van der Waals surface area contributed by atoms with Crippen molar-refractivity contribution in [2.24, 2.45) is 10.7 Å². The molecule has 0 aromatic heterocycles. The van der Waals surface area contributed by atoms with Gasteiger partial charge in [-0.2, -0.15) is 0 Å². The van der Waals surface area contributed by atoms with E-state index in [0.29, 0.717) is 19.1 Å². The van der Waals surface area contributed by atoms with Crippen LogP contribution in [0.1, 0.15) is 30.9 Å². The molecule has 1 saturated heterocycles. The molecule has 2 aliphatic heterocycles. The molecule has 2 amide bonds. The highest BCUT2D eigenvalue weighted by Gasteiger charge is 2.21. The fourth-order valence-electron chi connectivity index (χ4n) is 3.45. The summed E-state index contributed by atoms with van der Waals surface area (Å²) in [6.07, 6.45) is 3.68. The van der Waals surface area contributed by atoms with Crippen molar-refractivity contribution in [3.63, 3.8) is 0 Å². The van der Waals surface area contributed by atoms with Crippen molar-refractivity contribution in [2.45, 2.75) is 38.6 Å². The van der Waals surface area contributed by atoms with Gasteiger partial charge in [-0.1, -0.05) is 12.1 Å². The summed E-state index contributed by atoms with van der Waals surface area (Å²) in [6, 6.07) is 6.42. The number of guanidine groups is 1. The Balaban J connectivity index is 1.50. The second-order valence-corrected chi connectivity index (χ2v) is 6.80. The third-order valence-corrected chi connectivity index (χ3v) is 4.92. The number of nitrogens with one attached hydrogen (secondary N) is 2. The molecule has 0 spiro atoms. The van der Waals surface area contributed by atoms with E-state index < -0.39 is 0 Å². The fourth-order valence-corrected chi connectivity index (χ4v) is 3.45. The van der Waals surface area contributed by atoms with E-state index in [1.165, 1.54) is 11.1 Å². The Hall–Kier alpha value is -2.44. The molecule has 1 fully saturated rings. The van der Waals surface area contributed by atoms with Crippen LogP contribution >= 0.6 is 0 Å². The lowest BCUT2D eigenvalue weighted by Gasteiger charge is -2.32. The van der Waals surface area contributed by atoms with Crippen LogP contribution in [0.15, 0.2) is 23.2 Å². The van der Waals surface area contributed by atoms with E-state index in [4.69, 9.17) is 15.5 Å². The van der Waals surface area contributed by atoms with Crippen molar-refractivity contribution in [3.8, 4) is 5.75 Å². The Kier molecular flexibility index (Phi) is 6.20. The molecular formula is C19H29N5O2. The molecule has 2 aliphatic rings. The van der Waals surface area contributed by atoms with E-state index in [9.17, 15) is 4.79 Å². The summed E-state index contributed by atoms with van der Waals surface area (Å²) in [4.78, 5) is 17.6. The Bertz CT molecular complexity index is 653. The number of likely N-dealkylation sites (tertiary alicyclic amines) is 1. The van der Waals surface area contributed by atoms with Crippen molar-refractivity contribution >= 4 is 12.0 Å². The number of primary amides is 1. The van der Waals surface area contributed by atoms with Gasteiger partial charge in [0.2, 0.25) is 0 Å². The summed E-state index contributed by atoms with van der Waals surface area (Å²) in [5, 5.41) is 6.79. The monoisotopic (exact) mass is 359 g/mol. The Morgan fingerprint density at radius 2 is 2.19 bits per heavy atom. The zero-order chi connectivity index (χ0) is 18.4. The first-order chi connectivity index (χ1) is 12.7. The molecule has 0 aliphatic carbocycles. The molecule has 2 heterocycles. The van der Waals surface area contributed by atoms with Crippen molar-refractivity contribution in [1.29, 1.82) is 0 Å². The number of nitrogens with two attached hydrogens (primary N) is 1. The number of rotatable bonds is 5. The summed E-state index contributed by atoms with van der Waals surface area (Å²) in [7, 11) is 0. The van der Waals surface area contributed by atoms with E-state index in [2.05, 4.69) is 35.8 Å². The zero-order valence-electron chi connectivity index (χ0n) is 15.5. The lowest BCUT2D eigenvalue weighted by Crippen LogP contribution is -2.50. The number of nitrogens with zero attached hydrogens (tertiary/aromatic N) is 2. The first-order valence-corrected chi connectivity index (χ1v) is 9.49. The second-order valence-electron chi connectivity index (χ2n) is 6.80. The summed E-state index contributed by atoms with van der Waals surface area (Å²) < 4.78 is 5.56. The standard InChI is InChI=1S/C19H29N5O2/c1-2-21-19(23-16-6-10-24(11-7-16)18(20)25)22-9-5-14-3-4-17-15(13-14)8-12-26-17/h3-4,13,16H,2,5-12H2,1H3,(H2,20,25)(H2,21,22,23). The lowest BCUT2D eigenvalue weighted by molar-refractivity contribution is 0.188. The van der Waals surface area contributed by atoms with Crippen LogP contribution in [0.4, 0.5) is 4.79 Å². The quantitative estimate of drug-likeness (QED) is 0.545. The molecule has 0 unspecified atom stereocenters. The molecular weight excluding hydrogens is 330 g/mol. The van der Waals surface area contributed by atoms with Crippen LogP contribution in [0.25, 0.3) is 0 Å². The number of urea groups is 1. The number of hydrogen-bond donors (Lipinski definition) is 3. The van der Waals surface area contributed by atoms with Crippen LogP contribution in [0, 0.1) is 0 Å². The highest BCUT2D eigenvalue weighted by atomic mass is 16.5. The minimum absolute atomic E-state index is 0.320. The Morgan fingerprint density at radius 1 is 1.38 bits per heavy atom. The predicted molar refractivity (Wildman–Crippen MR) is 103 cm³/mol. The number of amides is 2. The van der Waals surface area contributed by atoms with Gasteiger partial charge in [-0.05, 0) is 43.4 Å². The molecule has 1 aromatic carbocycles. The Labute approximate surface area is 155 Å². The molecule has 0 atom stereocenters. The summed E-state index contributed by atoms with van der Waals surface area (Å²) in [6.45, 7) is 5.80. The van der Waals surface area contributed by atoms with Crippen LogP contribution in [-0.2, 0) is 12.8 Å². The van der Waals surface area contributed by atoms with Crippen molar-refractivity contribution in [3.05, 3.63) is 29.3 Å². The van der Waals surface area contributed by atoms with Gasteiger partial charge in [0.05, 0.1) is 6.61 Å². The van der Waals surface area contributed by atoms with Gasteiger partial charge in [0.25, 0.3) is 0 Å². The third kappa shape index (κ3) is 4.80. The molecule has 1 aromatic rings. The maximum atomic E-state index is 11.2. The maximum absolute atomic E-state index is 11.2. The number of carbonyl (C=O) groups excluding carboxylic acids is 1. The topological polar surface area (TPSA) is 92.0 Å². The van der Waals surface area contributed by atoms with Crippen LogP contribution in [-0.4, -0.2) is 55.7 Å². The van der Waals surface area contributed by atoms with Gasteiger partial charge >= 0.3 is 6.03 Å². The molecule has 4 N–H and O–H groups in total. The zero-order valence-corrected chi connectivity index (χ0v) is 15.5. The minimum Gasteiger partial charge on any atom is -0.493 e. The van der Waals surface area contributed by atoms with Crippen molar-refractivity contribution in [1.82, 2.24) is 15.5 Å². The van der Waals surface area contributed by atoms with E-state index in [1.54, 1.807) is 4.90 Å². The normalized spacial score (nSPS) is 17.6. The smallest absolute Gasteiger partial charge is 0.314 e. The van der Waals surface area contributed by atoms with Gasteiger partial charge < -0.3 is 26.0 Å². The third-order valence-electron chi connectivity index (χ3n) is 4.92. The summed E-state index contributed by atoms with van der Waals surface area (Å²) >= 11 is 0. The van der Waals surface area contributed by atoms with Gasteiger partial charge in [0, 0.05) is 38.6 Å². The summed E-state index contributed by atoms with van der Waals surface area (Å²) in [5.41, 5.74) is 7.94. The first kappa shape index (κ1) is 18.4. The fraction of sp³-hybridized carbons (Fsp3) is 0.579. The highest BCUT2D eigenvalue weighted by Crippen LogP contribution is 2.25. The molecule has 3 rings (SSSR count). The van der Waals surface area contributed by atoms with E-state index in [0.717, 1.165) is 57.1 Å². The van der Waals surface area contributed by atoms with Gasteiger partial charge in [-0.15, -0.1) is 0 Å². The lowest BCUT2D eigenvalue weighted by atomic mass is 10.1. The molecule has 0 saturated carbocycles. The first-order valence-electron chi connectivity index (χ1n) is 9.49. The average molecular weight is 359 g/mol. The maximum Gasteiger partial charge on any atom is 0.314 e. The second kappa shape index (κ2) is 8.78.